The molecule has 1 N–H and O–H groups in total. The Balaban J connectivity index is 3.36. The summed E-state index contributed by atoms with van der Waals surface area (Å²) >= 11 is 8.64. The lowest BCUT2D eigenvalue weighted by atomic mass is 10.2. The van der Waals surface area contributed by atoms with Gasteiger partial charge in [0.05, 0.1) is 5.02 Å². The number of aromatic nitrogens is 1. The van der Waals surface area contributed by atoms with Gasteiger partial charge in [0.2, 0.25) is 5.56 Å². The molecule has 0 fully saturated rings. The molecule has 1 aromatic heterocycles. The first-order valence-electron chi connectivity index (χ1n) is 3.32. The minimum absolute atomic E-state index is 0.0912. The molecule has 2 nitrogen and oxygen atoms in total. The Bertz CT molecular complexity index is 366. The Hall–Kier alpha value is -0.420. The Morgan fingerprint density at radius 1 is 1.62 bits per heavy atom. The SMILES string of the molecule is O=c1cc(CBr)c(Cl)c(C(F)F)[nH]1. The second-order valence-electron chi connectivity index (χ2n) is 2.32. The van der Waals surface area contributed by atoms with E-state index in [0.29, 0.717) is 5.56 Å². The van der Waals surface area contributed by atoms with Crippen molar-refractivity contribution in [2.75, 3.05) is 0 Å². The van der Waals surface area contributed by atoms with Gasteiger partial charge in [0.15, 0.2) is 0 Å². The van der Waals surface area contributed by atoms with Crippen LogP contribution in [-0.2, 0) is 5.33 Å². The van der Waals surface area contributed by atoms with Crippen molar-refractivity contribution < 1.29 is 8.78 Å². The molecule has 1 heterocycles. The summed E-state index contributed by atoms with van der Waals surface area (Å²) < 4.78 is 24.5. The minimum Gasteiger partial charge on any atom is -0.320 e. The summed E-state index contributed by atoms with van der Waals surface area (Å²) in [6.07, 6.45) is -2.76. The third-order valence-electron chi connectivity index (χ3n) is 1.44. The smallest absolute Gasteiger partial charge is 0.279 e. The molecular weight excluding hydrogens is 267 g/mol. The van der Waals surface area contributed by atoms with E-state index in [1.54, 1.807) is 0 Å². The summed E-state index contributed by atoms with van der Waals surface area (Å²) in [6.45, 7) is 0. The van der Waals surface area contributed by atoms with E-state index in [4.69, 9.17) is 11.6 Å². The van der Waals surface area contributed by atoms with E-state index in [1.807, 2.05) is 4.98 Å². The third-order valence-corrected chi connectivity index (χ3v) is 2.49. The van der Waals surface area contributed by atoms with Crippen molar-refractivity contribution in [3.05, 3.63) is 32.7 Å². The molecule has 0 aliphatic carbocycles. The van der Waals surface area contributed by atoms with Crippen LogP contribution in [0.3, 0.4) is 0 Å². The van der Waals surface area contributed by atoms with Crippen LogP contribution >= 0.6 is 27.5 Å². The second kappa shape index (κ2) is 4.19. The topological polar surface area (TPSA) is 32.9 Å². The molecule has 13 heavy (non-hydrogen) atoms. The van der Waals surface area contributed by atoms with Crippen molar-refractivity contribution >= 4 is 27.5 Å². The molecular formula is C7H5BrClF2NO. The zero-order valence-corrected chi connectivity index (χ0v) is 8.62. The molecule has 0 unspecified atom stereocenters. The number of hydrogen-bond acceptors (Lipinski definition) is 1. The molecule has 0 aliphatic heterocycles. The van der Waals surface area contributed by atoms with Gasteiger partial charge < -0.3 is 4.98 Å². The average molecular weight is 272 g/mol. The first-order chi connectivity index (χ1) is 6.06. The number of hydrogen-bond donors (Lipinski definition) is 1. The van der Waals surface area contributed by atoms with Crippen LogP contribution in [0.2, 0.25) is 5.02 Å². The number of pyridine rings is 1. The highest BCUT2D eigenvalue weighted by molar-refractivity contribution is 9.08. The number of nitrogens with one attached hydrogen (secondary N) is 1. The Kier molecular flexibility index (Phi) is 3.44. The third kappa shape index (κ3) is 2.28. The number of rotatable bonds is 2. The fourth-order valence-electron chi connectivity index (χ4n) is 0.866. The van der Waals surface area contributed by atoms with Crippen LogP contribution in [0.15, 0.2) is 10.9 Å². The Morgan fingerprint density at radius 2 is 2.23 bits per heavy atom. The van der Waals surface area contributed by atoms with Crippen molar-refractivity contribution in [2.45, 2.75) is 11.8 Å². The molecule has 6 heteroatoms. The summed E-state index contributed by atoms with van der Waals surface area (Å²) in [5, 5.41) is 0.182. The van der Waals surface area contributed by atoms with E-state index in [2.05, 4.69) is 15.9 Å². The number of aromatic amines is 1. The molecule has 0 amide bonds. The number of alkyl halides is 3. The van der Waals surface area contributed by atoms with Crippen molar-refractivity contribution in [1.29, 1.82) is 0 Å². The largest absolute Gasteiger partial charge is 0.320 e. The normalized spacial score (nSPS) is 10.8. The van der Waals surface area contributed by atoms with Gasteiger partial charge in [-0.05, 0) is 5.56 Å². The van der Waals surface area contributed by atoms with E-state index >= 15 is 0 Å². The minimum atomic E-state index is -2.76. The molecule has 0 aliphatic rings. The van der Waals surface area contributed by atoms with Crippen LogP contribution in [0.5, 0.6) is 0 Å². The number of halogens is 4. The summed E-state index contributed by atoms with van der Waals surface area (Å²) in [4.78, 5) is 12.8. The van der Waals surface area contributed by atoms with Crippen LogP contribution in [0.1, 0.15) is 17.7 Å². The van der Waals surface area contributed by atoms with Crippen molar-refractivity contribution in [3.8, 4) is 0 Å². The molecule has 0 saturated heterocycles. The molecule has 1 aromatic rings. The van der Waals surface area contributed by atoms with E-state index in [0.717, 1.165) is 0 Å². The zero-order valence-electron chi connectivity index (χ0n) is 6.28. The molecule has 0 radical (unpaired) electrons. The van der Waals surface area contributed by atoms with Crippen LogP contribution in [-0.4, -0.2) is 4.98 Å². The standard InChI is InChI=1S/C7H5BrClF2NO/c8-2-3-1-4(13)12-6(5(3)9)7(10)11/h1,7H,2H2,(H,12,13). The van der Waals surface area contributed by atoms with Crippen molar-refractivity contribution in [1.82, 2.24) is 4.98 Å². The molecule has 0 atom stereocenters. The van der Waals surface area contributed by atoms with Crippen LogP contribution in [0, 0.1) is 0 Å². The van der Waals surface area contributed by atoms with E-state index in [9.17, 15) is 13.6 Å². The monoisotopic (exact) mass is 271 g/mol. The van der Waals surface area contributed by atoms with Gasteiger partial charge in [-0.25, -0.2) is 8.78 Å². The molecule has 0 saturated carbocycles. The van der Waals surface area contributed by atoms with Crippen LogP contribution in [0.4, 0.5) is 8.78 Å². The highest BCUT2D eigenvalue weighted by Gasteiger charge is 2.15. The Labute approximate surface area is 86.0 Å². The van der Waals surface area contributed by atoms with Gasteiger partial charge in [-0.1, -0.05) is 27.5 Å². The van der Waals surface area contributed by atoms with Crippen molar-refractivity contribution in [2.24, 2.45) is 0 Å². The van der Waals surface area contributed by atoms with Gasteiger partial charge >= 0.3 is 0 Å². The lowest BCUT2D eigenvalue weighted by molar-refractivity contribution is 0.146. The van der Waals surface area contributed by atoms with Crippen LogP contribution < -0.4 is 5.56 Å². The lowest BCUT2D eigenvalue weighted by Gasteiger charge is -2.05. The predicted octanol–water partition coefficient (Wildman–Crippen LogP) is 2.86. The summed E-state index contributed by atoms with van der Waals surface area (Å²) in [7, 11) is 0. The molecule has 0 spiro atoms. The predicted molar refractivity (Wildman–Crippen MR) is 49.7 cm³/mol. The first-order valence-corrected chi connectivity index (χ1v) is 4.82. The molecule has 72 valence electrons. The quantitative estimate of drug-likeness (QED) is 0.825. The second-order valence-corrected chi connectivity index (χ2v) is 3.26. The summed E-state index contributed by atoms with van der Waals surface area (Å²) in [6, 6.07) is 1.18. The van der Waals surface area contributed by atoms with Crippen LogP contribution in [0.25, 0.3) is 0 Å². The van der Waals surface area contributed by atoms with Gasteiger partial charge in [-0.2, -0.15) is 0 Å². The van der Waals surface area contributed by atoms with Crippen molar-refractivity contribution in [3.63, 3.8) is 0 Å². The Morgan fingerprint density at radius 3 is 2.69 bits per heavy atom. The maximum absolute atomic E-state index is 12.3. The van der Waals surface area contributed by atoms with Gasteiger partial charge in [-0.15, -0.1) is 0 Å². The summed E-state index contributed by atoms with van der Waals surface area (Å²) in [5.41, 5.74) is -0.738. The fraction of sp³-hybridized carbons (Fsp3) is 0.286. The highest BCUT2D eigenvalue weighted by atomic mass is 79.9. The van der Waals surface area contributed by atoms with E-state index in [1.165, 1.54) is 6.07 Å². The van der Waals surface area contributed by atoms with E-state index < -0.39 is 17.7 Å². The molecule has 1 rings (SSSR count). The van der Waals surface area contributed by atoms with Gasteiger partial charge in [0.1, 0.15) is 5.69 Å². The van der Waals surface area contributed by atoms with Gasteiger partial charge in [-0.3, -0.25) is 4.79 Å². The van der Waals surface area contributed by atoms with Gasteiger partial charge in [0, 0.05) is 11.4 Å². The maximum atomic E-state index is 12.3. The molecule has 0 aromatic carbocycles. The average Bonchev–Trinajstić information content (AvgIpc) is 2.08. The van der Waals surface area contributed by atoms with Gasteiger partial charge in [0.25, 0.3) is 6.43 Å². The highest BCUT2D eigenvalue weighted by Crippen LogP contribution is 2.27. The first kappa shape index (κ1) is 10.7. The summed E-state index contributed by atoms with van der Waals surface area (Å²) in [5.74, 6) is 0. The maximum Gasteiger partial charge on any atom is 0.279 e. The number of H-pyrrole nitrogens is 1. The fourth-order valence-corrected chi connectivity index (χ4v) is 1.72. The lowest BCUT2D eigenvalue weighted by Crippen LogP contribution is -2.10. The zero-order chi connectivity index (χ0) is 10.0. The van der Waals surface area contributed by atoms with E-state index in [-0.39, 0.29) is 10.4 Å². The molecule has 0 bridgehead atoms.